The van der Waals surface area contributed by atoms with Crippen molar-refractivity contribution in [3.8, 4) is 0 Å². The van der Waals surface area contributed by atoms with Gasteiger partial charge in [-0.3, -0.25) is 4.79 Å². The number of aromatic amines is 1. The molecule has 0 spiro atoms. The van der Waals surface area contributed by atoms with Gasteiger partial charge in [0.2, 0.25) is 0 Å². The molecule has 1 fully saturated rings. The molecule has 0 bridgehead atoms. The third-order valence-corrected chi connectivity index (χ3v) is 5.09. The van der Waals surface area contributed by atoms with Gasteiger partial charge in [-0.2, -0.15) is 0 Å². The summed E-state index contributed by atoms with van der Waals surface area (Å²) in [4.78, 5) is 26.6. The first kappa shape index (κ1) is 16.6. The number of hydrogen-bond donors (Lipinski definition) is 2. The number of hydrogen-bond acceptors (Lipinski definition) is 4. The Morgan fingerprint density at radius 3 is 2.69 bits per heavy atom. The van der Waals surface area contributed by atoms with Gasteiger partial charge in [0.1, 0.15) is 17.8 Å². The second-order valence-electron chi connectivity index (χ2n) is 6.72. The van der Waals surface area contributed by atoms with E-state index in [0.29, 0.717) is 0 Å². The zero-order chi connectivity index (χ0) is 17.9. The predicted molar refractivity (Wildman–Crippen MR) is 102 cm³/mol. The van der Waals surface area contributed by atoms with E-state index in [4.69, 9.17) is 0 Å². The number of piperidine rings is 1. The molecule has 3 aromatic rings. The fraction of sp³-hybridized carbons (Fsp3) is 0.350. The number of aromatic nitrogens is 3. The van der Waals surface area contributed by atoms with Gasteiger partial charge in [0.05, 0.1) is 5.39 Å². The summed E-state index contributed by atoms with van der Waals surface area (Å²) in [7, 11) is 0. The Kier molecular flexibility index (Phi) is 4.56. The van der Waals surface area contributed by atoms with E-state index in [2.05, 4.69) is 32.1 Å². The fourth-order valence-electron chi connectivity index (χ4n) is 3.51. The van der Waals surface area contributed by atoms with Gasteiger partial charge >= 0.3 is 0 Å². The smallest absolute Gasteiger partial charge is 0.251 e. The van der Waals surface area contributed by atoms with Crippen molar-refractivity contribution in [2.75, 3.05) is 18.0 Å². The van der Waals surface area contributed by atoms with Gasteiger partial charge in [0.25, 0.3) is 5.91 Å². The molecule has 1 saturated heterocycles. The van der Waals surface area contributed by atoms with Crippen molar-refractivity contribution in [1.29, 1.82) is 0 Å². The van der Waals surface area contributed by atoms with Crippen molar-refractivity contribution in [2.24, 2.45) is 0 Å². The average molecular weight is 349 g/mol. The van der Waals surface area contributed by atoms with Gasteiger partial charge in [0.15, 0.2) is 0 Å². The highest BCUT2D eigenvalue weighted by Crippen LogP contribution is 2.25. The Hall–Kier alpha value is -2.89. The SMILES string of the molecule is CCc1ccc(C(=O)NC2CCN(c3ncnc4[nH]ccc34)CC2)cc1. The van der Waals surface area contributed by atoms with Crippen molar-refractivity contribution in [3.63, 3.8) is 0 Å². The average Bonchev–Trinajstić information content (AvgIpc) is 3.17. The summed E-state index contributed by atoms with van der Waals surface area (Å²) in [5.41, 5.74) is 2.84. The Morgan fingerprint density at radius 1 is 1.19 bits per heavy atom. The van der Waals surface area contributed by atoms with Crippen LogP contribution in [0, 0.1) is 0 Å². The highest BCUT2D eigenvalue weighted by Gasteiger charge is 2.23. The molecular formula is C20H23N5O. The molecule has 0 aliphatic carbocycles. The molecule has 2 aromatic heterocycles. The summed E-state index contributed by atoms with van der Waals surface area (Å²) in [5, 5.41) is 4.22. The molecule has 6 nitrogen and oxygen atoms in total. The number of aryl methyl sites for hydroxylation is 1. The first-order chi connectivity index (χ1) is 12.7. The monoisotopic (exact) mass is 349 g/mol. The molecule has 1 aliphatic rings. The summed E-state index contributed by atoms with van der Waals surface area (Å²) in [5.74, 6) is 0.984. The molecule has 3 heterocycles. The number of fused-ring (bicyclic) bond motifs is 1. The molecule has 1 aromatic carbocycles. The van der Waals surface area contributed by atoms with E-state index >= 15 is 0 Å². The lowest BCUT2D eigenvalue weighted by atomic mass is 10.0. The molecule has 2 N–H and O–H groups in total. The van der Waals surface area contributed by atoms with Crippen LogP contribution in [0.5, 0.6) is 0 Å². The number of anilines is 1. The number of H-pyrrole nitrogens is 1. The van der Waals surface area contributed by atoms with Gasteiger partial charge in [-0.25, -0.2) is 9.97 Å². The van der Waals surface area contributed by atoms with E-state index in [1.54, 1.807) is 6.33 Å². The number of benzene rings is 1. The van der Waals surface area contributed by atoms with Gasteiger partial charge in [0, 0.05) is 30.9 Å². The van der Waals surface area contributed by atoms with Crippen molar-refractivity contribution < 1.29 is 4.79 Å². The molecule has 6 heteroatoms. The van der Waals surface area contributed by atoms with E-state index in [1.165, 1.54) is 5.56 Å². The Labute approximate surface area is 152 Å². The van der Waals surface area contributed by atoms with E-state index in [0.717, 1.165) is 54.8 Å². The number of carbonyl (C=O) groups is 1. The Balaban J connectivity index is 1.37. The molecule has 0 unspecified atom stereocenters. The lowest BCUT2D eigenvalue weighted by molar-refractivity contribution is 0.0931. The number of nitrogens with zero attached hydrogens (tertiary/aromatic N) is 3. The van der Waals surface area contributed by atoms with Crippen LogP contribution in [0.3, 0.4) is 0 Å². The fourth-order valence-corrected chi connectivity index (χ4v) is 3.51. The summed E-state index contributed by atoms with van der Waals surface area (Å²) in [6, 6.07) is 10.1. The van der Waals surface area contributed by atoms with Crippen LogP contribution in [0.4, 0.5) is 5.82 Å². The molecule has 0 radical (unpaired) electrons. The third kappa shape index (κ3) is 3.27. The van der Waals surface area contributed by atoms with Crippen LogP contribution in [0.2, 0.25) is 0 Å². The quantitative estimate of drug-likeness (QED) is 0.759. The zero-order valence-electron chi connectivity index (χ0n) is 14.9. The maximum atomic E-state index is 12.5. The summed E-state index contributed by atoms with van der Waals surface area (Å²) in [6.07, 6.45) is 6.29. The highest BCUT2D eigenvalue weighted by molar-refractivity contribution is 5.94. The van der Waals surface area contributed by atoms with Crippen LogP contribution in [0.1, 0.15) is 35.7 Å². The van der Waals surface area contributed by atoms with E-state index in [1.807, 2.05) is 36.5 Å². The molecule has 1 aliphatic heterocycles. The summed E-state index contributed by atoms with van der Waals surface area (Å²) >= 11 is 0. The lowest BCUT2D eigenvalue weighted by Crippen LogP contribution is -2.45. The minimum Gasteiger partial charge on any atom is -0.356 e. The maximum absolute atomic E-state index is 12.5. The van der Waals surface area contributed by atoms with E-state index < -0.39 is 0 Å². The number of amides is 1. The minimum absolute atomic E-state index is 0.0150. The standard InChI is InChI=1S/C20H23N5O/c1-2-14-3-5-15(6-4-14)20(26)24-16-8-11-25(12-9-16)19-17-7-10-21-18(17)22-13-23-19/h3-7,10,13,16H,2,8-9,11-12H2,1H3,(H,24,26)(H,21,22,23). The van der Waals surface area contributed by atoms with Crippen molar-refractivity contribution >= 4 is 22.8 Å². The van der Waals surface area contributed by atoms with Crippen molar-refractivity contribution in [3.05, 3.63) is 54.0 Å². The number of rotatable bonds is 4. The molecule has 26 heavy (non-hydrogen) atoms. The number of nitrogens with one attached hydrogen (secondary N) is 2. The van der Waals surface area contributed by atoms with Crippen molar-refractivity contribution in [2.45, 2.75) is 32.2 Å². The zero-order valence-corrected chi connectivity index (χ0v) is 14.9. The number of carbonyl (C=O) groups excluding carboxylic acids is 1. The van der Waals surface area contributed by atoms with Crippen LogP contribution in [0.25, 0.3) is 11.0 Å². The topological polar surface area (TPSA) is 73.9 Å². The normalized spacial score (nSPS) is 15.3. The lowest BCUT2D eigenvalue weighted by Gasteiger charge is -2.33. The second kappa shape index (κ2) is 7.15. The molecular weight excluding hydrogens is 326 g/mol. The molecule has 0 saturated carbocycles. The van der Waals surface area contributed by atoms with Gasteiger partial charge in [-0.05, 0) is 43.0 Å². The van der Waals surface area contributed by atoms with Crippen LogP contribution in [-0.4, -0.2) is 40.0 Å². The van der Waals surface area contributed by atoms with Gasteiger partial charge in [-0.1, -0.05) is 19.1 Å². The molecule has 0 atom stereocenters. The van der Waals surface area contributed by atoms with Gasteiger partial charge in [-0.15, -0.1) is 0 Å². The van der Waals surface area contributed by atoms with Crippen LogP contribution < -0.4 is 10.2 Å². The van der Waals surface area contributed by atoms with Gasteiger partial charge < -0.3 is 15.2 Å². The maximum Gasteiger partial charge on any atom is 0.251 e. The summed E-state index contributed by atoms with van der Waals surface area (Å²) in [6.45, 7) is 3.86. The first-order valence-electron chi connectivity index (χ1n) is 9.17. The molecule has 134 valence electrons. The second-order valence-corrected chi connectivity index (χ2v) is 6.72. The van der Waals surface area contributed by atoms with Crippen LogP contribution in [0.15, 0.2) is 42.9 Å². The third-order valence-electron chi connectivity index (χ3n) is 5.09. The highest BCUT2D eigenvalue weighted by atomic mass is 16.1. The first-order valence-corrected chi connectivity index (χ1v) is 9.17. The van der Waals surface area contributed by atoms with Crippen LogP contribution >= 0.6 is 0 Å². The minimum atomic E-state index is 0.0150. The van der Waals surface area contributed by atoms with E-state index in [9.17, 15) is 4.79 Å². The Bertz CT molecular complexity index is 894. The predicted octanol–water partition coefficient (Wildman–Crippen LogP) is 2.92. The Morgan fingerprint density at radius 2 is 1.96 bits per heavy atom. The van der Waals surface area contributed by atoms with Crippen LogP contribution in [-0.2, 0) is 6.42 Å². The van der Waals surface area contributed by atoms with Crippen molar-refractivity contribution in [1.82, 2.24) is 20.3 Å². The van der Waals surface area contributed by atoms with E-state index in [-0.39, 0.29) is 11.9 Å². The molecule has 1 amide bonds. The molecule has 4 rings (SSSR count). The summed E-state index contributed by atoms with van der Waals surface area (Å²) < 4.78 is 0. The largest absolute Gasteiger partial charge is 0.356 e.